The topological polar surface area (TPSA) is 26.3 Å². The van der Waals surface area contributed by atoms with Gasteiger partial charge in [-0.3, -0.25) is 4.79 Å². The van der Waals surface area contributed by atoms with Gasteiger partial charge in [0.05, 0.1) is 5.56 Å². The summed E-state index contributed by atoms with van der Waals surface area (Å²) in [5, 5.41) is 1.08. The standard InChI is InChI=1S/C17H14Cl2O2/c1-2-5-12-6-3-7-13(10-20)17(12)21-11-14-15(18)8-4-9-16(14)19/h2-4,6-10H,1,5,11H2. The molecular weight excluding hydrogens is 307 g/mol. The first-order chi connectivity index (χ1) is 10.2. The van der Waals surface area contributed by atoms with Crippen molar-refractivity contribution in [1.29, 1.82) is 0 Å². The second-order valence-electron chi connectivity index (χ2n) is 4.44. The van der Waals surface area contributed by atoms with Crippen LogP contribution in [0.15, 0.2) is 49.1 Å². The van der Waals surface area contributed by atoms with Crippen molar-refractivity contribution < 1.29 is 9.53 Å². The lowest BCUT2D eigenvalue weighted by Crippen LogP contribution is -2.02. The Bertz CT molecular complexity index is 646. The van der Waals surface area contributed by atoms with Crippen LogP contribution in [0.4, 0.5) is 0 Å². The van der Waals surface area contributed by atoms with Crippen molar-refractivity contribution >= 4 is 29.5 Å². The Balaban J connectivity index is 2.31. The Kier molecular flexibility index (Phi) is 5.43. The molecule has 0 heterocycles. The number of aldehydes is 1. The van der Waals surface area contributed by atoms with Gasteiger partial charge in [0.25, 0.3) is 0 Å². The van der Waals surface area contributed by atoms with E-state index in [1.165, 1.54) is 0 Å². The highest BCUT2D eigenvalue weighted by Gasteiger charge is 2.11. The monoisotopic (exact) mass is 320 g/mol. The predicted molar refractivity (Wildman–Crippen MR) is 86.5 cm³/mol. The fourth-order valence-electron chi connectivity index (χ4n) is 2.00. The van der Waals surface area contributed by atoms with E-state index in [2.05, 4.69) is 6.58 Å². The highest BCUT2D eigenvalue weighted by Crippen LogP contribution is 2.29. The zero-order valence-corrected chi connectivity index (χ0v) is 12.8. The molecule has 0 bridgehead atoms. The van der Waals surface area contributed by atoms with Gasteiger partial charge >= 0.3 is 0 Å². The average Bonchev–Trinajstić information content (AvgIpc) is 2.48. The Morgan fingerprint density at radius 2 is 1.76 bits per heavy atom. The molecule has 2 aromatic carbocycles. The molecule has 0 aromatic heterocycles. The minimum absolute atomic E-state index is 0.202. The maximum atomic E-state index is 11.2. The highest BCUT2D eigenvalue weighted by atomic mass is 35.5. The van der Waals surface area contributed by atoms with Crippen LogP contribution in [0.25, 0.3) is 0 Å². The summed E-state index contributed by atoms with van der Waals surface area (Å²) in [6.45, 7) is 3.91. The molecule has 0 fully saturated rings. The van der Waals surface area contributed by atoms with Crippen molar-refractivity contribution in [2.24, 2.45) is 0 Å². The number of allylic oxidation sites excluding steroid dienone is 1. The molecule has 2 nitrogen and oxygen atoms in total. The number of ether oxygens (including phenoxy) is 1. The van der Waals surface area contributed by atoms with Crippen molar-refractivity contribution in [2.45, 2.75) is 13.0 Å². The van der Waals surface area contributed by atoms with E-state index in [0.717, 1.165) is 11.8 Å². The third kappa shape index (κ3) is 3.66. The van der Waals surface area contributed by atoms with Crippen LogP contribution < -0.4 is 4.74 Å². The summed E-state index contributed by atoms with van der Waals surface area (Å²) in [4.78, 5) is 11.2. The van der Waals surface area contributed by atoms with Crippen molar-refractivity contribution in [1.82, 2.24) is 0 Å². The second kappa shape index (κ2) is 7.30. The fraction of sp³-hybridized carbons (Fsp3) is 0.118. The molecule has 0 saturated carbocycles. The molecule has 0 spiro atoms. The number of hydrogen-bond donors (Lipinski definition) is 0. The highest BCUT2D eigenvalue weighted by molar-refractivity contribution is 6.35. The van der Waals surface area contributed by atoms with Gasteiger partial charge in [0, 0.05) is 15.6 Å². The van der Waals surface area contributed by atoms with Crippen LogP contribution in [-0.4, -0.2) is 6.29 Å². The Morgan fingerprint density at radius 1 is 1.10 bits per heavy atom. The van der Waals surface area contributed by atoms with E-state index < -0.39 is 0 Å². The largest absolute Gasteiger partial charge is 0.488 e. The molecular formula is C17H14Cl2O2. The summed E-state index contributed by atoms with van der Waals surface area (Å²) in [6, 6.07) is 10.7. The fourth-order valence-corrected chi connectivity index (χ4v) is 2.51. The molecule has 108 valence electrons. The van der Waals surface area contributed by atoms with Crippen LogP contribution in [-0.2, 0) is 13.0 Å². The summed E-state index contributed by atoms with van der Waals surface area (Å²) < 4.78 is 5.81. The molecule has 0 unspecified atom stereocenters. The van der Waals surface area contributed by atoms with Gasteiger partial charge in [-0.05, 0) is 30.2 Å². The lowest BCUT2D eigenvalue weighted by Gasteiger charge is -2.14. The molecule has 0 radical (unpaired) electrons. The Morgan fingerprint density at radius 3 is 2.38 bits per heavy atom. The molecule has 0 aliphatic carbocycles. The molecule has 4 heteroatoms. The van der Waals surface area contributed by atoms with E-state index in [0.29, 0.717) is 33.3 Å². The van der Waals surface area contributed by atoms with Crippen LogP contribution in [0.3, 0.4) is 0 Å². The zero-order valence-electron chi connectivity index (χ0n) is 11.3. The number of carbonyl (C=O) groups excluding carboxylic acids is 1. The quantitative estimate of drug-likeness (QED) is 0.546. The van der Waals surface area contributed by atoms with Gasteiger partial charge in [-0.25, -0.2) is 0 Å². The van der Waals surface area contributed by atoms with Crippen LogP contribution in [0.5, 0.6) is 5.75 Å². The molecule has 0 amide bonds. The van der Waals surface area contributed by atoms with Gasteiger partial charge in [-0.15, -0.1) is 6.58 Å². The van der Waals surface area contributed by atoms with Gasteiger partial charge < -0.3 is 4.74 Å². The summed E-state index contributed by atoms with van der Waals surface area (Å²) in [7, 11) is 0. The van der Waals surface area contributed by atoms with Gasteiger partial charge in [-0.1, -0.05) is 47.5 Å². The molecule has 0 N–H and O–H groups in total. The first-order valence-corrected chi connectivity index (χ1v) is 7.16. The Labute approximate surface area is 134 Å². The van der Waals surface area contributed by atoms with E-state index in [1.807, 2.05) is 12.1 Å². The first kappa shape index (κ1) is 15.6. The maximum Gasteiger partial charge on any atom is 0.153 e. The summed E-state index contributed by atoms with van der Waals surface area (Å²) in [5.74, 6) is 0.545. The predicted octanol–water partition coefficient (Wildman–Crippen LogP) is 5.11. The molecule has 0 atom stereocenters. The SMILES string of the molecule is C=CCc1cccc(C=O)c1OCc1c(Cl)cccc1Cl. The van der Waals surface area contributed by atoms with Crippen molar-refractivity contribution in [2.75, 3.05) is 0 Å². The number of para-hydroxylation sites is 1. The minimum Gasteiger partial charge on any atom is -0.488 e. The van der Waals surface area contributed by atoms with Crippen LogP contribution >= 0.6 is 23.2 Å². The van der Waals surface area contributed by atoms with E-state index in [-0.39, 0.29) is 6.61 Å². The number of halogens is 2. The maximum absolute atomic E-state index is 11.2. The van der Waals surface area contributed by atoms with Gasteiger partial charge in [0.1, 0.15) is 12.4 Å². The number of benzene rings is 2. The molecule has 2 rings (SSSR count). The van der Waals surface area contributed by atoms with Crippen molar-refractivity contribution in [3.63, 3.8) is 0 Å². The number of carbonyl (C=O) groups is 1. The van der Waals surface area contributed by atoms with Crippen LogP contribution in [0.1, 0.15) is 21.5 Å². The summed E-state index contributed by atoms with van der Waals surface area (Å²) >= 11 is 12.2. The van der Waals surface area contributed by atoms with E-state index in [9.17, 15) is 4.79 Å². The lowest BCUT2D eigenvalue weighted by atomic mass is 10.1. The summed E-state index contributed by atoms with van der Waals surface area (Å²) in [5.41, 5.74) is 2.10. The van der Waals surface area contributed by atoms with Gasteiger partial charge in [-0.2, -0.15) is 0 Å². The molecule has 0 aliphatic rings. The van der Waals surface area contributed by atoms with E-state index in [4.69, 9.17) is 27.9 Å². The van der Waals surface area contributed by atoms with Gasteiger partial charge in [0.2, 0.25) is 0 Å². The normalized spacial score (nSPS) is 10.2. The summed E-state index contributed by atoms with van der Waals surface area (Å²) in [6.07, 6.45) is 3.16. The third-order valence-corrected chi connectivity index (χ3v) is 3.75. The third-order valence-electron chi connectivity index (χ3n) is 3.04. The zero-order chi connectivity index (χ0) is 15.2. The lowest BCUT2D eigenvalue weighted by molar-refractivity contribution is 0.111. The van der Waals surface area contributed by atoms with Crippen molar-refractivity contribution in [3.8, 4) is 5.75 Å². The van der Waals surface area contributed by atoms with Crippen LogP contribution in [0.2, 0.25) is 10.0 Å². The second-order valence-corrected chi connectivity index (χ2v) is 5.25. The van der Waals surface area contributed by atoms with E-state index in [1.54, 1.807) is 30.3 Å². The smallest absolute Gasteiger partial charge is 0.153 e. The molecule has 2 aromatic rings. The Hall–Kier alpha value is -1.77. The number of rotatable bonds is 6. The average molecular weight is 321 g/mol. The van der Waals surface area contributed by atoms with E-state index >= 15 is 0 Å². The van der Waals surface area contributed by atoms with Gasteiger partial charge in [0.15, 0.2) is 6.29 Å². The van der Waals surface area contributed by atoms with Crippen molar-refractivity contribution in [3.05, 3.63) is 75.8 Å². The molecule has 21 heavy (non-hydrogen) atoms. The molecule has 0 saturated heterocycles. The molecule has 0 aliphatic heterocycles. The minimum atomic E-state index is 0.202. The van der Waals surface area contributed by atoms with Crippen LogP contribution in [0, 0.1) is 0 Å². The first-order valence-electron chi connectivity index (χ1n) is 6.41. The number of hydrogen-bond acceptors (Lipinski definition) is 2.